The van der Waals surface area contributed by atoms with Crippen molar-refractivity contribution in [1.82, 2.24) is 0 Å². The molecule has 0 aromatic heterocycles. The first-order valence-electron chi connectivity index (χ1n) is 13.0. The van der Waals surface area contributed by atoms with Crippen LogP contribution in [0, 0.1) is 29.6 Å². The molecular weight excluding hydrogens is 659 g/mol. The lowest BCUT2D eigenvalue weighted by Gasteiger charge is -2.62. The average molecular weight is 684 g/mol. The van der Waals surface area contributed by atoms with E-state index in [4.69, 9.17) is 4.74 Å². The van der Waals surface area contributed by atoms with Crippen molar-refractivity contribution in [3.63, 3.8) is 0 Å². The summed E-state index contributed by atoms with van der Waals surface area (Å²) in [5, 5.41) is 9.91. The zero-order chi connectivity index (χ0) is 34.5. The fourth-order valence-electron chi connectivity index (χ4n) is 7.04. The summed E-state index contributed by atoms with van der Waals surface area (Å²) in [6.07, 6.45) is -11.9. The quantitative estimate of drug-likeness (QED) is 0.177. The lowest BCUT2D eigenvalue weighted by Crippen LogP contribution is -2.74. The van der Waals surface area contributed by atoms with Crippen LogP contribution in [0.4, 0.5) is 74.6 Å². The highest BCUT2D eigenvalue weighted by Gasteiger charge is 2.95. The molecule has 0 aliphatic heterocycles. The molecule has 0 spiro atoms. The first-order valence-corrected chi connectivity index (χ1v) is 13.0. The van der Waals surface area contributed by atoms with Gasteiger partial charge in [0, 0.05) is 0 Å². The fraction of sp³-hybridized carbons (Fsp3) is 0.958. The summed E-state index contributed by atoms with van der Waals surface area (Å²) in [7, 11) is 0. The maximum absolute atomic E-state index is 14.4. The summed E-state index contributed by atoms with van der Waals surface area (Å²) in [4.78, 5) is 12.6. The van der Waals surface area contributed by atoms with E-state index in [-0.39, 0.29) is 11.8 Å². The van der Waals surface area contributed by atoms with Gasteiger partial charge in [0.15, 0.2) is 6.10 Å². The number of hydrogen-bond donors (Lipinski definition) is 1. The monoisotopic (exact) mass is 684 g/mol. The lowest BCUT2D eigenvalue weighted by molar-refractivity contribution is -0.462. The van der Waals surface area contributed by atoms with Gasteiger partial charge in [0.2, 0.25) is 0 Å². The van der Waals surface area contributed by atoms with Crippen molar-refractivity contribution in [2.75, 3.05) is 0 Å². The fourth-order valence-corrected chi connectivity index (χ4v) is 7.04. The highest BCUT2D eigenvalue weighted by molar-refractivity contribution is 5.75. The van der Waals surface area contributed by atoms with Crippen LogP contribution in [-0.2, 0) is 9.53 Å². The Morgan fingerprint density at radius 2 is 0.977 bits per heavy atom. The standard InChI is InChI=1S/C24H25F17O3/c1-9(2)17(12-4-10-3-11(6-12)7-13(17)5-10)44-15(43)14(42)8-16(25,26)18(27,28)19(29,30)20(31,32)21(33,34)22(35,36)23(37,38)24(39,40)41/h9-14,42H,3-8H2,1-2H3. The Kier molecular flexibility index (Phi) is 8.65. The summed E-state index contributed by atoms with van der Waals surface area (Å²) in [6.45, 7) is 3.07. The number of hydrogen-bond acceptors (Lipinski definition) is 3. The molecule has 0 aromatic carbocycles. The van der Waals surface area contributed by atoms with Crippen molar-refractivity contribution in [3.05, 3.63) is 0 Å². The predicted octanol–water partition coefficient (Wildman–Crippen LogP) is 8.14. The smallest absolute Gasteiger partial charge is 0.456 e. The third kappa shape index (κ3) is 4.83. The zero-order valence-electron chi connectivity index (χ0n) is 22.4. The Morgan fingerprint density at radius 3 is 1.32 bits per heavy atom. The van der Waals surface area contributed by atoms with Crippen LogP contribution < -0.4 is 0 Å². The van der Waals surface area contributed by atoms with Gasteiger partial charge in [0.25, 0.3) is 0 Å². The highest BCUT2D eigenvalue weighted by Crippen LogP contribution is 2.65. The molecule has 4 aliphatic rings. The average Bonchev–Trinajstić information content (AvgIpc) is 2.83. The van der Waals surface area contributed by atoms with Crippen molar-refractivity contribution in [2.24, 2.45) is 29.6 Å². The molecule has 0 aromatic rings. The van der Waals surface area contributed by atoms with Crippen LogP contribution in [0.5, 0.6) is 0 Å². The molecule has 3 nitrogen and oxygen atoms in total. The number of alkyl halides is 17. The van der Waals surface area contributed by atoms with Crippen molar-refractivity contribution in [1.29, 1.82) is 0 Å². The number of aliphatic hydroxyl groups excluding tert-OH is 1. The van der Waals surface area contributed by atoms with Gasteiger partial charge in [-0.25, -0.2) is 4.79 Å². The minimum atomic E-state index is -8.75. The van der Waals surface area contributed by atoms with E-state index in [9.17, 15) is 84.5 Å². The molecule has 1 N–H and O–H groups in total. The number of carbonyl (C=O) groups excluding carboxylic acids is 1. The van der Waals surface area contributed by atoms with E-state index in [1.807, 2.05) is 0 Å². The number of ether oxygens (including phenoxy) is 1. The molecule has 44 heavy (non-hydrogen) atoms. The van der Waals surface area contributed by atoms with Crippen LogP contribution >= 0.6 is 0 Å². The molecule has 0 heterocycles. The number of carbonyl (C=O) groups is 1. The minimum absolute atomic E-state index is 0.210. The second-order valence-corrected chi connectivity index (χ2v) is 12.1. The maximum Gasteiger partial charge on any atom is 0.460 e. The number of halogens is 17. The highest BCUT2D eigenvalue weighted by atomic mass is 19.4. The maximum atomic E-state index is 14.4. The van der Waals surface area contributed by atoms with Crippen molar-refractivity contribution >= 4 is 5.97 Å². The topological polar surface area (TPSA) is 46.5 Å². The largest absolute Gasteiger partial charge is 0.460 e. The molecule has 4 fully saturated rings. The Morgan fingerprint density at radius 1 is 0.636 bits per heavy atom. The first kappa shape index (κ1) is 36.7. The van der Waals surface area contributed by atoms with E-state index in [1.54, 1.807) is 0 Å². The molecule has 4 bridgehead atoms. The van der Waals surface area contributed by atoms with E-state index in [0.29, 0.717) is 25.7 Å². The van der Waals surface area contributed by atoms with Crippen molar-refractivity contribution in [3.8, 4) is 0 Å². The van der Waals surface area contributed by atoms with Gasteiger partial charge in [-0.1, -0.05) is 13.8 Å². The van der Waals surface area contributed by atoms with Gasteiger partial charge in [-0.3, -0.25) is 0 Å². The number of rotatable bonds is 11. The van der Waals surface area contributed by atoms with Gasteiger partial charge in [-0.15, -0.1) is 0 Å². The third-order valence-corrected chi connectivity index (χ3v) is 9.10. The lowest BCUT2D eigenvalue weighted by atomic mass is 9.47. The number of esters is 1. The molecule has 1 unspecified atom stereocenters. The Labute approximate surface area is 237 Å². The minimum Gasteiger partial charge on any atom is -0.456 e. The van der Waals surface area contributed by atoms with Gasteiger partial charge >= 0.3 is 53.6 Å². The molecule has 1 atom stereocenters. The number of aliphatic hydroxyl groups is 1. The molecule has 4 aliphatic carbocycles. The second kappa shape index (κ2) is 10.4. The SMILES string of the molecule is CC(C)C1(OC(=O)C(O)CC(F)(F)C(F)(F)C(F)(F)C(F)(F)C(F)(F)C(F)(F)C(F)(F)C(F)(F)F)C2CC3CC(C2)CC1C3. The Bertz CT molecular complexity index is 1070. The second-order valence-electron chi connectivity index (χ2n) is 12.1. The predicted molar refractivity (Wildman–Crippen MR) is 112 cm³/mol. The normalized spacial score (nSPS) is 29.8. The summed E-state index contributed by atoms with van der Waals surface area (Å²) < 4.78 is 235. The molecule has 258 valence electrons. The van der Waals surface area contributed by atoms with E-state index in [2.05, 4.69) is 0 Å². The van der Waals surface area contributed by atoms with Crippen LogP contribution in [0.1, 0.15) is 52.4 Å². The van der Waals surface area contributed by atoms with Gasteiger partial charge in [0.05, 0.1) is 6.42 Å². The van der Waals surface area contributed by atoms with Gasteiger partial charge < -0.3 is 9.84 Å². The molecule has 0 radical (unpaired) electrons. The Hall–Kier alpha value is -1.76. The van der Waals surface area contributed by atoms with Crippen molar-refractivity contribution in [2.45, 2.75) is 112 Å². The van der Waals surface area contributed by atoms with Gasteiger partial charge in [-0.05, 0) is 61.7 Å². The van der Waals surface area contributed by atoms with E-state index < -0.39 is 89.5 Å². The van der Waals surface area contributed by atoms with Gasteiger partial charge in [0.1, 0.15) is 5.60 Å². The van der Waals surface area contributed by atoms with E-state index >= 15 is 0 Å². The van der Waals surface area contributed by atoms with E-state index in [1.165, 1.54) is 13.8 Å². The molecular formula is C24H25F17O3. The van der Waals surface area contributed by atoms with Gasteiger partial charge in [-0.2, -0.15) is 74.6 Å². The van der Waals surface area contributed by atoms with Crippen LogP contribution in [0.25, 0.3) is 0 Å². The van der Waals surface area contributed by atoms with E-state index in [0.717, 1.165) is 6.42 Å². The zero-order valence-corrected chi connectivity index (χ0v) is 22.4. The molecule has 0 amide bonds. The first-order chi connectivity index (χ1) is 19.4. The molecule has 20 heteroatoms. The van der Waals surface area contributed by atoms with Crippen LogP contribution in [0.3, 0.4) is 0 Å². The van der Waals surface area contributed by atoms with Crippen LogP contribution in [-0.4, -0.2) is 70.4 Å². The van der Waals surface area contributed by atoms with Crippen LogP contribution in [0.15, 0.2) is 0 Å². The summed E-state index contributed by atoms with van der Waals surface area (Å²) in [6, 6.07) is 0. The Balaban J connectivity index is 1.89. The summed E-state index contributed by atoms with van der Waals surface area (Å²) >= 11 is 0. The van der Waals surface area contributed by atoms with Crippen molar-refractivity contribution < 1.29 is 89.3 Å². The molecule has 0 saturated heterocycles. The molecule has 4 rings (SSSR count). The third-order valence-electron chi connectivity index (χ3n) is 9.10. The summed E-state index contributed by atoms with van der Waals surface area (Å²) in [5.74, 6) is -60.8. The summed E-state index contributed by atoms with van der Waals surface area (Å²) in [5.41, 5.74) is -1.46. The van der Waals surface area contributed by atoms with Crippen LogP contribution in [0.2, 0.25) is 0 Å². The molecule has 4 saturated carbocycles.